The van der Waals surface area contributed by atoms with E-state index in [0.29, 0.717) is 12.0 Å². The lowest BCUT2D eigenvalue weighted by Gasteiger charge is -2.20. The molecule has 3 rings (SSSR count). The maximum Gasteiger partial charge on any atom is 0.178 e. The molecule has 1 aliphatic heterocycles. The van der Waals surface area contributed by atoms with E-state index in [-0.39, 0.29) is 0 Å². The minimum Gasteiger partial charge on any atom is -0.497 e. The fourth-order valence-electron chi connectivity index (χ4n) is 3.19. The van der Waals surface area contributed by atoms with Crippen molar-refractivity contribution in [3.8, 4) is 5.75 Å². The van der Waals surface area contributed by atoms with E-state index >= 15 is 0 Å². The Hall–Kier alpha value is -1.33. The van der Waals surface area contributed by atoms with Crippen molar-refractivity contribution in [3.05, 3.63) is 23.0 Å². The third-order valence-electron chi connectivity index (χ3n) is 4.47. The highest BCUT2D eigenvalue weighted by Crippen LogP contribution is 2.25. The second-order valence-electron chi connectivity index (χ2n) is 6.17. The summed E-state index contributed by atoms with van der Waals surface area (Å²) in [6.07, 6.45) is 1.25. The molecule has 2 aromatic rings. The number of rotatable bonds is 4. The fraction of sp³-hybridized carbons (Fsp3) is 0.562. The van der Waals surface area contributed by atoms with Crippen molar-refractivity contribution in [3.63, 3.8) is 0 Å². The van der Waals surface area contributed by atoms with Crippen LogP contribution >= 0.6 is 12.2 Å². The summed E-state index contributed by atoms with van der Waals surface area (Å²) in [6, 6.07) is 6.73. The maximum atomic E-state index is 5.50. The fourth-order valence-corrected chi connectivity index (χ4v) is 3.47. The van der Waals surface area contributed by atoms with Crippen LogP contribution < -0.4 is 4.74 Å². The lowest BCUT2D eigenvalue weighted by molar-refractivity contribution is 0.261. The Labute approximate surface area is 130 Å². The van der Waals surface area contributed by atoms with Crippen LogP contribution in [0, 0.1) is 10.7 Å². The van der Waals surface area contributed by atoms with Crippen molar-refractivity contribution in [2.75, 3.05) is 20.2 Å². The SMILES string of the molecule is COc1ccc2c(c1)[nH]c(=S)n2CC1CCN(C(C)C)C1. The second-order valence-corrected chi connectivity index (χ2v) is 6.55. The Morgan fingerprint density at radius 1 is 1.43 bits per heavy atom. The Kier molecular flexibility index (Phi) is 4.04. The topological polar surface area (TPSA) is 33.2 Å². The van der Waals surface area contributed by atoms with Gasteiger partial charge in [-0.25, -0.2) is 0 Å². The highest BCUT2D eigenvalue weighted by atomic mass is 32.1. The van der Waals surface area contributed by atoms with Gasteiger partial charge in [-0.2, -0.15) is 0 Å². The second kappa shape index (κ2) is 5.81. The van der Waals surface area contributed by atoms with Gasteiger partial charge in [0.05, 0.1) is 18.1 Å². The van der Waals surface area contributed by atoms with Gasteiger partial charge in [-0.15, -0.1) is 0 Å². The average molecular weight is 305 g/mol. The number of hydrogen-bond donors (Lipinski definition) is 1. The van der Waals surface area contributed by atoms with Gasteiger partial charge >= 0.3 is 0 Å². The van der Waals surface area contributed by atoms with Crippen molar-refractivity contribution in [1.82, 2.24) is 14.5 Å². The van der Waals surface area contributed by atoms with Gasteiger partial charge in [0.15, 0.2) is 4.77 Å². The van der Waals surface area contributed by atoms with Crippen molar-refractivity contribution in [2.45, 2.75) is 32.9 Å². The number of ether oxygens (including phenoxy) is 1. The Morgan fingerprint density at radius 3 is 2.90 bits per heavy atom. The van der Waals surface area contributed by atoms with Crippen LogP contribution in [0.2, 0.25) is 0 Å². The maximum absolute atomic E-state index is 5.50. The molecule has 1 fully saturated rings. The number of imidazole rings is 1. The van der Waals surface area contributed by atoms with Crippen molar-refractivity contribution >= 4 is 23.3 Å². The first-order chi connectivity index (χ1) is 10.1. The molecule has 0 bridgehead atoms. The van der Waals surface area contributed by atoms with Gasteiger partial charge in [0.25, 0.3) is 0 Å². The summed E-state index contributed by atoms with van der Waals surface area (Å²) in [5, 5.41) is 0. The van der Waals surface area contributed by atoms with Crippen LogP contribution in [-0.2, 0) is 6.54 Å². The summed E-state index contributed by atoms with van der Waals surface area (Å²) in [6.45, 7) is 7.90. The van der Waals surface area contributed by atoms with E-state index in [1.165, 1.54) is 25.0 Å². The first-order valence-electron chi connectivity index (χ1n) is 7.59. The molecule has 2 heterocycles. The summed E-state index contributed by atoms with van der Waals surface area (Å²) in [5.41, 5.74) is 2.22. The molecule has 4 nitrogen and oxygen atoms in total. The lowest BCUT2D eigenvalue weighted by atomic mass is 10.1. The molecule has 1 saturated heterocycles. The lowest BCUT2D eigenvalue weighted by Crippen LogP contribution is -2.28. The molecule has 1 N–H and O–H groups in total. The summed E-state index contributed by atoms with van der Waals surface area (Å²) >= 11 is 5.50. The third kappa shape index (κ3) is 2.85. The number of benzene rings is 1. The van der Waals surface area contributed by atoms with E-state index in [0.717, 1.165) is 22.6 Å². The molecule has 0 radical (unpaired) electrons. The van der Waals surface area contributed by atoms with Crippen molar-refractivity contribution < 1.29 is 4.74 Å². The highest BCUT2D eigenvalue weighted by molar-refractivity contribution is 7.71. The number of aromatic amines is 1. The van der Waals surface area contributed by atoms with Crippen LogP contribution in [0.25, 0.3) is 11.0 Å². The zero-order valence-electron chi connectivity index (χ0n) is 12.9. The van der Waals surface area contributed by atoms with Gasteiger partial charge in [0.2, 0.25) is 0 Å². The summed E-state index contributed by atoms with van der Waals surface area (Å²) < 4.78 is 8.32. The van der Waals surface area contributed by atoms with E-state index < -0.39 is 0 Å². The monoisotopic (exact) mass is 305 g/mol. The number of methoxy groups -OCH3 is 1. The molecule has 1 unspecified atom stereocenters. The van der Waals surface area contributed by atoms with Crippen LogP contribution in [0.1, 0.15) is 20.3 Å². The number of likely N-dealkylation sites (tertiary alicyclic amines) is 1. The molecule has 1 aromatic carbocycles. The van der Waals surface area contributed by atoms with Crippen molar-refractivity contribution in [1.29, 1.82) is 0 Å². The van der Waals surface area contributed by atoms with E-state index in [1.807, 2.05) is 12.1 Å². The highest BCUT2D eigenvalue weighted by Gasteiger charge is 2.25. The molecule has 1 aliphatic rings. The quantitative estimate of drug-likeness (QED) is 0.879. The summed E-state index contributed by atoms with van der Waals surface area (Å²) in [4.78, 5) is 5.84. The minimum absolute atomic E-state index is 0.634. The summed E-state index contributed by atoms with van der Waals surface area (Å²) in [5.74, 6) is 1.54. The van der Waals surface area contributed by atoms with Gasteiger partial charge in [0.1, 0.15) is 5.75 Å². The minimum atomic E-state index is 0.634. The smallest absolute Gasteiger partial charge is 0.178 e. The number of hydrogen-bond acceptors (Lipinski definition) is 3. The van der Waals surface area contributed by atoms with E-state index in [9.17, 15) is 0 Å². The molecule has 1 atom stereocenters. The molecule has 21 heavy (non-hydrogen) atoms. The Bertz CT molecular complexity index is 688. The predicted molar refractivity (Wildman–Crippen MR) is 88.5 cm³/mol. The number of nitrogens with one attached hydrogen (secondary N) is 1. The first kappa shape index (κ1) is 14.6. The number of nitrogens with zero attached hydrogens (tertiary/aromatic N) is 2. The number of aromatic nitrogens is 2. The van der Waals surface area contributed by atoms with Crippen LogP contribution in [-0.4, -0.2) is 40.7 Å². The average Bonchev–Trinajstić information content (AvgIpc) is 3.04. The van der Waals surface area contributed by atoms with Crippen molar-refractivity contribution in [2.24, 2.45) is 5.92 Å². The van der Waals surface area contributed by atoms with Crippen LogP contribution in [0.3, 0.4) is 0 Å². The van der Waals surface area contributed by atoms with E-state index in [4.69, 9.17) is 17.0 Å². The molecular weight excluding hydrogens is 282 g/mol. The van der Waals surface area contributed by atoms with Gasteiger partial charge < -0.3 is 19.2 Å². The standard InChI is InChI=1S/C16H23N3OS/c1-11(2)18-7-6-12(9-18)10-19-15-5-4-13(20-3)8-14(15)17-16(19)21/h4-5,8,11-12H,6-7,9-10H2,1-3H3,(H,17,21). The molecule has 0 saturated carbocycles. The molecule has 0 spiro atoms. The van der Waals surface area contributed by atoms with Crippen LogP contribution in [0.15, 0.2) is 18.2 Å². The predicted octanol–water partition coefficient (Wildman–Crippen LogP) is 3.44. The molecule has 114 valence electrons. The summed E-state index contributed by atoms with van der Waals surface area (Å²) in [7, 11) is 1.69. The molecule has 0 amide bonds. The third-order valence-corrected chi connectivity index (χ3v) is 4.79. The van der Waals surface area contributed by atoms with E-state index in [1.54, 1.807) is 7.11 Å². The Morgan fingerprint density at radius 2 is 2.24 bits per heavy atom. The number of H-pyrrole nitrogens is 1. The van der Waals surface area contributed by atoms with Gasteiger partial charge in [0, 0.05) is 25.2 Å². The van der Waals surface area contributed by atoms with E-state index in [2.05, 4.69) is 34.4 Å². The molecule has 1 aromatic heterocycles. The Balaban J connectivity index is 1.84. The van der Waals surface area contributed by atoms with Gasteiger partial charge in [-0.1, -0.05) is 0 Å². The number of fused-ring (bicyclic) bond motifs is 1. The molecule has 0 aliphatic carbocycles. The first-order valence-corrected chi connectivity index (χ1v) is 8.00. The zero-order chi connectivity index (χ0) is 15.0. The normalized spacial score (nSPS) is 19.7. The van der Waals surface area contributed by atoms with Gasteiger partial charge in [-0.3, -0.25) is 0 Å². The molecule has 5 heteroatoms. The van der Waals surface area contributed by atoms with Gasteiger partial charge in [-0.05, 0) is 57.1 Å². The molecular formula is C16H23N3OS. The van der Waals surface area contributed by atoms with Crippen LogP contribution in [0.5, 0.6) is 5.75 Å². The largest absolute Gasteiger partial charge is 0.497 e. The van der Waals surface area contributed by atoms with Crippen LogP contribution in [0.4, 0.5) is 0 Å². The zero-order valence-corrected chi connectivity index (χ0v) is 13.7.